The zero-order valence-electron chi connectivity index (χ0n) is 13.6. The molecule has 0 bridgehead atoms. The molecule has 0 saturated carbocycles. The molecule has 1 aliphatic rings. The van der Waals surface area contributed by atoms with Crippen molar-refractivity contribution in [2.45, 2.75) is 25.8 Å². The van der Waals surface area contributed by atoms with Gasteiger partial charge in [0.15, 0.2) is 6.61 Å². The highest BCUT2D eigenvalue weighted by atomic mass is 35.5. The van der Waals surface area contributed by atoms with Crippen LogP contribution in [0.15, 0.2) is 18.2 Å². The molecule has 2 atom stereocenters. The standard InChI is InChI=1S/C16H21ClN2O4.ClH/c1-10-7-11(5-6-18-10)16(21)19-12-3-4-14(13(17)8-12)23-9-15(20)22-2;/h3-4,8,10-11,18H,5-7,9H2,1-2H3,(H,19,21);1H/t10-,11-;/m0./s1. The van der Waals surface area contributed by atoms with Crippen molar-refractivity contribution in [1.29, 1.82) is 0 Å². The molecule has 0 radical (unpaired) electrons. The van der Waals surface area contributed by atoms with Crippen LogP contribution in [0, 0.1) is 5.92 Å². The molecule has 24 heavy (non-hydrogen) atoms. The first kappa shape index (κ1) is 20.5. The van der Waals surface area contributed by atoms with Crippen LogP contribution < -0.4 is 15.4 Å². The number of ether oxygens (including phenoxy) is 2. The molecule has 0 spiro atoms. The monoisotopic (exact) mass is 376 g/mol. The highest BCUT2D eigenvalue weighted by molar-refractivity contribution is 6.32. The van der Waals surface area contributed by atoms with Crippen molar-refractivity contribution in [1.82, 2.24) is 5.32 Å². The van der Waals surface area contributed by atoms with Gasteiger partial charge in [-0.3, -0.25) is 4.79 Å². The van der Waals surface area contributed by atoms with Crippen molar-refractivity contribution in [2.24, 2.45) is 5.92 Å². The van der Waals surface area contributed by atoms with Crippen LogP contribution in [-0.2, 0) is 14.3 Å². The van der Waals surface area contributed by atoms with Gasteiger partial charge in [0.1, 0.15) is 5.75 Å². The average molecular weight is 377 g/mol. The summed E-state index contributed by atoms with van der Waals surface area (Å²) in [7, 11) is 1.29. The molecule has 1 aliphatic heterocycles. The van der Waals surface area contributed by atoms with Crippen LogP contribution in [0.4, 0.5) is 5.69 Å². The van der Waals surface area contributed by atoms with Gasteiger partial charge in [-0.2, -0.15) is 0 Å². The van der Waals surface area contributed by atoms with E-state index in [1.54, 1.807) is 18.2 Å². The van der Waals surface area contributed by atoms with E-state index in [1.165, 1.54) is 7.11 Å². The number of rotatable bonds is 5. The first-order chi connectivity index (χ1) is 11.0. The van der Waals surface area contributed by atoms with Crippen LogP contribution >= 0.6 is 24.0 Å². The van der Waals surface area contributed by atoms with E-state index in [0.717, 1.165) is 19.4 Å². The number of piperidine rings is 1. The van der Waals surface area contributed by atoms with Crippen molar-refractivity contribution in [2.75, 3.05) is 25.6 Å². The average Bonchev–Trinajstić information content (AvgIpc) is 2.53. The van der Waals surface area contributed by atoms with Crippen LogP contribution in [-0.4, -0.2) is 38.2 Å². The van der Waals surface area contributed by atoms with E-state index in [9.17, 15) is 9.59 Å². The third-order valence-corrected chi connectivity index (χ3v) is 4.06. The topological polar surface area (TPSA) is 76.7 Å². The second kappa shape index (κ2) is 9.71. The Morgan fingerprint density at radius 1 is 1.42 bits per heavy atom. The number of nitrogens with one attached hydrogen (secondary N) is 2. The predicted octanol–water partition coefficient (Wildman–Crippen LogP) is 2.64. The van der Waals surface area contributed by atoms with Gasteiger partial charge in [-0.15, -0.1) is 12.4 Å². The molecule has 1 heterocycles. The molecule has 1 amide bonds. The third-order valence-electron chi connectivity index (χ3n) is 3.77. The number of benzene rings is 1. The van der Waals surface area contributed by atoms with Crippen LogP contribution in [0.25, 0.3) is 0 Å². The Hall–Kier alpha value is -1.50. The smallest absolute Gasteiger partial charge is 0.343 e. The first-order valence-electron chi connectivity index (χ1n) is 7.53. The molecule has 2 N–H and O–H groups in total. The minimum Gasteiger partial charge on any atom is -0.480 e. The fourth-order valence-electron chi connectivity index (χ4n) is 2.51. The van der Waals surface area contributed by atoms with Crippen molar-refractivity contribution >= 4 is 41.6 Å². The molecule has 1 saturated heterocycles. The van der Waals surface area contributed by atoms with E-state index in [4.69, 9.17) is 16.3 Å². The Morgan fingerprint density at radius 2 is 2.17 bits per heavy atom. The summed E-state index contributed by atoms with van der Waals surface area (Å²) in [5.74, 6) is -0.123. The second-order valence-electron chi connectivity index (χ2n) is 5.58. The number of hydrogen-bond donors (Lipinski definition) is 2. The largest absolute Gasteiger partial charge is 0.480 e. The zero-order valence-corrected chi connectivity index (χ0v) is 15.2. The molecular weight excluding hydrogens is 355 g/mol. The number of methoxy groups -OCH3 is 1. The summed E-state index contributed by atoms with van der Waals surface area (Å²) in [4.78, 5) is 23.3. The summed E-state index contributed by atoms with van der Waals surface area (Å²) in [6.45, 7) is 2.71. The summed E-state index contributed by atoms with van der Waals surface area (Å²) in [5.41, 5.74) is 0.608. The molecule has 0 unspecified atom stereocenters. The highest BCUT2D eigenvalue weighted by Crippen LogP contribution is 2.28. The Bertz CT molecular complexity index is 583. The maximum atomic E-state index is 12.3. The Morgan fingerprint density at radius 3 is 2.79 bits per heavy atom. The molecule has 1 aromatic carbocycles. The lowest BCUT2D eigenvalue weighted by Gasteiger charge is -2.27. The number of hydrogen-bond acceptors (Lipinski definition) is 5. The summed E-state index contributed by atoms with van der Waals surface area (Å²) in [5, 5.41) is 6.52. The molecule has 8 heteroatoms. The van der Waals surface area contributed by atoms with Crippen LogP contribution in [0.2, 0.25) is 5.02 Å². The number of amides is 1. The molecule has 0 aliphatic carbocycles. The van der Waals surface area contributed by atoms with Gasteiger partial charge in [0, 0.05) is 17.6 Å². The minimum atomic E-state index is -0.488. The van der Waals surface area contributed by atoms with Gasteiger partial charge in [-0.1, -0.05) is 11.6 Å². The van der Waals surface area contributed by atoms with Crippen LogP contribution in [0.5, 0.6) is 5.75 Å². The number of carbonyl (C=O) groups is 2. The van der Waals surface area contributed by atoms with E-state index in [1.807, 2.05) is 0 Å². The maximum absolute atomic E-state index is 12.3. The maximum Gasteiger partial charge on any atom is 0.343 e. The van der Waals surface area contributed by atoms with Gasteiger partial charge >= 0.3 is 5.97 Å². The summed E-state index contributed by atoms with van der Waals surface area (Å²) in [6, 6.07) is 5.26. The lowest BCUT2D eigenvalue weighted by Crippen LogP contribution is -2.40. The lowest BCUT2D eigenvalue weighted by molar-refractivity contribution is -0.142. The summed E-state index contributed by atoms with van der Waals surface area (Å²) in [6.07, 6.45) is 1.64. The predicted molar refractivity (Wildman–Crippen MR) is 95.0 cm³/mol. The first-order valence-corrected chi connectivity index (χ1v) is 7.90. The molecule has 2 rings (SSSR count). The van der Waals surface area contributed by atoms with Crippen LogP contribution in [0.1, 0.15) is 19.8 Å². The molecule has 1 aromatic rings. The number of halogens is 2. The molecular formula is C16H22Cl2N2O4. The van der Waals surface area contributed by atoms with Gasteiger partial charge in [0.2, 0.25) is 5.91 Å². The number of esters is 1. The quantitative estimate of drug-likeness (QED) is 0.772. The molecule has 6 nitrogen and oxygen atoms in total. The van der Waals surface area contributed by atoms with E-state index < -0.39 is 5.97 Å². The lowest BCUT2D eigenvalue weighted by atomic mass is 9.92. The third kappa shape index (κ3) is 5.85. The normalized spacial score (nSPS) is 19.8. The Labute approximate surface area is 152 Å². The minimum absolute atomic E-state index is 0. The van der Waals surface area contributed by atoms with Gasteiger partial charge in [0.25, 0.3) is 0 Å². The fourth-order valence-corrected chi connectivity index (χ4v) is 2.74. The van der Waals surface area contributed by atoms with Crippen molar-refractivity contribution in [3.05, 3.63) is 23.2 Å². The van der Waals surface area contributed by atoms with E-state index in [0.29, 0.717) is 22.5 Å². The van der Waals surface area contributed by atoms with Gasteiger partial charge in [-0.05, 0) is 44.5 Å². The molecule has 0 aromatic heterocycles. The molecule has 134 valence electrons. The van der Waals surface area contributed by atoms with Crippen molar-refractivity contribution in [3.8, 4) is 5.75 Å². The van der Waals surface area contributed by atoms with Gasteiger partial charge in [-0.25, -0.2) is 4.79 Å². The summed E-state index contributed by atoms with van der Waals surface area (Å²) < 4.78 is 9.75. The number of carbonyl (C=O) groups excluding carboxylic acids is 2. The van der Waals surface area contributed by atoms with E-state index >= 15 is 0 Å². The molecule has 1 fully saturated rings. The SMILES string of the molecule is COC(=O)COc1ccc(NC(=O)[C@H]2CCN[C@@H](C)C2)cc1Cl.Cl. The van der Waals surface area contributed by atoms with Crippen molar-refractivity contribution in [3.63, 3.8) is 0 Å². The van der Waals surface area contributed by atoms with E-state index in [2.05, 4.69) is 22.3 Å². The van der Waals surface area contributed by atoms with Gasteiger partial charge < -0.3 is 20.1 Å². The van der Waals surface area contributed by atoms with E-state index in [-0.39, 0.29) is 30.8 Å². The Kier molecular flexibility index (Phi) is 8.31. The summed E-state index contributed by atoms with van der Waals surface area (Å²) >= 11 is 6.11. The zero-order chi connectivity index (χ0) is 16.8. The fraction of sp³-hybridized carbons (Fsp3) is 0.500. The van der Waals surface area contributed by atoms with Crippen LogP contribution in [0.3, 0.4) is 0 Å². The second-order valence-corrected chi connectivity index (χ2v) is 5.98. The van der Waals surface area contributed by atoms with Crippen molar-refractivity contribution < 1.29 is 19.1 Å². The highest BCUT2D eigenvalue weighted by Gasteiger charge is 2.24. The number of anilines is 1. The Balaban J connectivity index is 0.00000288. The van der Waals surface area contributed by atoms with Gasteiger partial charge in [0.05, 0.1) is 12.1 Å².